The monoisotopic (exact) mass is 432 g/mol. The largest absolute Gasteiger partial charge is 0.508 e. The second-order valence-electron chi connectivity index (χ2n) is 7.92. The second kappa shape index (κ2) is 8.67. The maximum absolute atomic E-state index is 10.1. The molecule has 1 aromatic heterocycles. The third kappa shape index (κ3) is 3.87. The lowest BCUT2D eigenvalue weighted by Gasteiger charge is -2.13. The maximum Gasteiger partial charge on any atom is 0.116 e. The van der Waals surface area contributed by atoms with Crippen LogP contribution in [0.3, 0.4) is 0 Å². The van der Waals surface area contributed by atoms with Crippen LogP contribution in [-0.4, -0.2) is 20.0 Å². The number of hydrogen-bond donors (Lipinski definition) is 2. The van der Waals surface area contributed by atoms with Crippen molar-refractivity contribution in [3.8, 4) is 50.7 Å². The molecule has 0 bridgehead atoms. The van der Waals surface area contributed by atoms with E-state index in [1.165, 1.54) is 0 Å². The minimum atomic E-state index is 0.226. The zero-order chi connectivity index (χ0) is 22.8. The molecule has 0 aliphatic heterocycles. The van der Waals surface area contributed by atoms with Gasteiger partial charge in [-0.3, -0.25) is 0 Å². The summed E-state index contributed by atoms with van der Waals surface area (Å²) < 4.78 is 2.02. The smallest absolute Gasteiger partial charge is 0.116 e. The lowest BCUT2D eigenvalue weighted by molar-refractivity contribution is 0.475. The van der Waals surface area contributed by atoms with Crippen molar-refractivity contribution in [1.29, 1.82) is 0 Å². The van der Waals surface area contributed by atoms with Crippen LogP contribution in [0.2, 0.25) is 0 Å². The molecule has 0 fully saturated rings. The number of aromatic hydroxyl groups is 2. The summed E-state index contributed by atoms with van der Waals surface area (Å²) in [6.45, 7) is 2.14. The van der Waals surface area contributed by atoms with E-state index in [2.05, 4.69) is 25.1 Å². The van der Waals surface area contributed by atoms with E-state index in [0.29, 0.717) is 0 Å². The highest BCUT2D eigenvalue weighted by molar-refractivity contribution is 5.84. The summed E-state index contributed by atoms with van der Waals surface area (Å²) in [4.78, 5) is 0. The first-order valence-electron chi connectivity index (χ1n) is 11.0. The fourth-order valence-electron chi connectivity index (χ4n) is 4.28. The van der Waals surface area contributed by atoms with Crippen LogP contribution in [0.4, 0.5) is 0 Å². The van der Waals surface area contributed by atoms with Gasteiger partial charge in [0.15, 0.2) is 0 Å². The first-order valence-corrected chi connectivity index (χ1v) is 11.0. The summed E-state index contributed by atoms with van der Waals surface area (Å²) in [5, 5.41) is 25.0. The highest BCUT2D eigenvalue weighted by atomic mass is 16.3. The number of hydrogen-bond acceptors (Lipinski definition) is 3. The van der Waals surface area contributed by atoms with Crippen molar-refractivity contribution in [1.82, 2.24) is 9.78 Å². The van der Waals surface area contributed by atoms with Gasteiger partial charge in [-0.15, -0.1) is 0 Å². The Morgan fingerprint density at radius 2 is 1.36 bits per heavy atom. The van der Waals surface area contributed by atoms with E-state index in [-0.39, 0.29) is 11.5 Å². The molecular weight excluding hydrogens is 408 g/mol. The average Bonchev–Trinajstić information content (AvgIpc) is 3.24. The van der Waals surface area contributed by atoms with E-state index in [9.17, 15) is 10.2 Å². The molecule has 0 radical (unpaired) electrons. The van der Waals surface area contributed by atoms with Crippen LogP contribution in [0.5, 0.6) is 11.5 Å². The third-order valence-electron chi connectivity index (χ3n) is 5.81. The summed E-state index contributed by atoms with van der Waals surface area (Å²) >= 11 is 0. The molecule has 0 saturated heterocycles. The van der Waals surface area contributed by atoms with Crippen molar-refractivity contribution in [2.45, 2.75) is 13.3 Å². The molecule has 162 valence electrons. The fourth-order valence-corrected chi connectivity index (χ4v) is 4.28. The summed E-state index contributed by atoms with van der Waals surface area (Å²) in [6.07, 6.45) is 0.781. The molecule has 4 nitrogen and oxygen atoms in total. The van der Waals surface area contributed by atoms with Crippen molar-refractivity contribution < 1.29 is 10.2 Å². The van der Waals surface area contributed by atoms with Crippen molar-refractivity contribution >= 4 is 0 Å². The van der Waals surface area contributed by atoms with Crippen molar-refractivity contribution in [3.63, 3.8) is 0 Å². The Balaban J connectivity index is 1.79. The van der Waals surface area contributed by atoms with Gasteiger partial charge in [0.2, 0.25) is 0 Å². The first-order chi connectivity index (χ1) is 16.2. The Labute approximate surface area is 193 Å². The molecule has 5 aromatic rings. The molecule has 4 aromatic carbocycles. The Morgan fingerprint density at radius 3 is 2.09 bits per heavy atom. The number of benzene rings is 4. The van der Waals surface area contributed by atoms with Gasteiger partial charge in [-0.05, 0) is 60.0 Å². The van der Waals surface area contributed by atoms with Crippen LogP contribution in [-0.2, 0) is 6.42 Å². The van der Waals surface area contributed by atoms with E-state index in [4.69, 9.17) is 5.10 Å². The molecule has 2 N–H and O–H groups in total. The van der Waals surface area contributed by atoms with Crippen LogP contribution in [0.15, 0.2) is 103 Å². The lowest BCUT2D eigenvalue weighted by atomic mass is 9.97. The van der Waals surface area contributed by atoms with Crippen LogP contribution in [0.1, 0.15) is 12.6 Å². The van der Waals surface area contributed by atoms with E-state index < -0.39 is 0 Å². The van der Waals surface area contributed by atoms with Crippen LogP contribution in [0, 0.1) is 0 Å². The molecule has 4 heteroatoms. The number of aromatic nitrogens is 2. The molecule has 0 aliphatic carbocycles. The van der Waals surface area contributed by atoms with Crippen LogP contribution >= 0.6 is 0 Å². The lowest BCUT2D eigenvalue weighted by Crippen LogP contribution is -2.04. The predicted octanol–water partition coefficient (Wildman–Crippen LogP) is 6.85. The SMILES string of the molecule is CCc1c(-c2ccccc2)c(-c2ccc(O)cc2)nn1-c1ccccc1-c1cccc(O)c1. The van der Waals surface area contributed by atoms with Gasteiger partial charge >= 0.3 is 0 Å². The highest BCUT2D eigenvalue weighted by Gasteiger charge is 2.22. The van der Waals surface area contributed by atoms with E-state index >= 15 is 0 Å². The molecule has 0 aliphatic rings. The van der Waals surface area contributed by atoms with Gasteiger partial charge in [-0.1, -0.05) is 67.6 Å². The van der Waals surface area contributed by atoms with Crippen molar-refractivity contribution in [2.75, 3.05) is 0 Å². The molecule has 1 heterocycles. The first kappa shape index (κ1) is 20.6. The van der Waals surface area contributed by atoms with Gasteiger partial charge in [-0.2, -0.15) is 5.10 Å². The zero-order valence-electron chi connectivity index (χ0n) is 18.3. The normalized spacial score (nSPS) is 10.9. The Morgan fingerprint density at radius 1 is 0.667 bits per heavy atom. The average molecular weight is 433 g/mol. The van der Waals surface area contributed by atoms with Crippen LogP contribution in [0.25, 0.3) is 39.2 Å². The van der Waals surface area contributed by atoms with E-state index in [1.807, 2.05) is 65.3 Å². The molecule has 33 heavy (non-hydrogen) atoms. The molecular formula is C29H24N2O2. The Kier molecular flexibility index (Phi) is 5.41. The molecule has 0 atom stereocenters. The fraction of sp³-hybridized carbons (Fsp3) is 0.0690. The number of para-hydroxylation sites is 1. The quantitative estimate of drug-likeness (QED) is 0.319. The van der Waals surface area contributed by atoms with Gasteiger partial charge in [0.05, 0.1) is 11.4 Å². The number of nitrogens with zero attached hydrogens (tertiary/aromatic N) is 2. The predicted molar refractivity (Wildman–Crippen MR) is 133 cm³/mol. The van der Waals surface area contributed by atoms with Gasteiger partial charge in [-0.25, -0.2) is 4.68 Å². The number of phenols is 2. The molecule has 0 saturated carbocycles. The summed E-state index contributed by atoms with van der Waals surface area (Å²) in [6, 6.07) is 32.9. The van der Waals surface area contributed by atoms with Gasteiger partial charge in [0.1, 0.15) is 17.2 Å². The third-order valence-corrected chi connectivity index (χ3v) is 5.81. The zero-order valence-corrected chi connectivity index (χ0v) is 18.3. The summed E-state index contributed by atoms with van der Waals surface area (Å²) in [5.74, 6) is 0.456. The van der Waals surface area contributed by atoms with Gasteiger partial charge < -0.3 is 10.2 Å². The number of phenolic OH excluding ortho intramolecular Hbond substituents is 2. The number of rotatable bonds is 5. The standard InChI is InChI=1S/C29H24N2O2/c1-2-26-28(20-9-4-3-5-10-20)29(21-15-17-23(32)18-16-21)30-31(26)27-14-7-6-13-25(27)22-11-8-12-24(33)19-22/h3-19,32-33H,2H2,1H3. The molecule has 0 unspecified atom stereocenters. The minimum absolute atomic E-state index is 0.226. The summed E-state index contributed by atoms with van der Waals surface area (Å²) in [7, 11) is 0. The molecule has 0 spiro atoms. The molecule has 5 rings (SSSR count). The van der Waals surface area contributed by atoms with Crippen LogP contribution < -0.4 is 0 Å². The van der Waals surface area contributed by atoms with Gasteiger partial charge in [0, 0.05) is 16.7 Å². The minimum Gasteiger partial charge on any atom is -0.508 e. The Bertz CT molecular complexity index is 1400. The van der Waals surface area contributed by atoms with Gasteiger partial charge in [0.25, 0.3) is 0 Å². The summed E-state index contributed by atoms with van der Waals surface area (Å²) in [5.41, 5.74) is 7.93. The van der Waals surface area contributed by atoms with Crippen molar-refractivity contribution in [2.24, 2.45) is 0 Å². The van der Waals surface area contributed by atoms with E-state index in [1.54, 1.807) is 24.3 Å². The highest BCUT2D eigenvalue weighted by Crippen LogP contribution is 2.38. The Hall–Kier alpha value is -4.31. The maximum atomic E-state index is 10.1. The topological polar surface area (TPSA) is 58.3 Å². The molecule has 0 amide bonds. The van der Waals surface area contributed by atoms with Crippen molar-refractivity contribution in [3.05, 3.63) is 109 Å². The van der Waals surface area contributed by atoms with E-state index in [0.717, 1.165) is 51.3 Å². The second-order valence-corrected chi connectivity index (χ2v) is 7.92.